The first-order valence-electron chi connectivity index (χ1n) is 6.24. The maximum atomic E-state index is 13.4. The molecular formula is C14H9F2N5O. The first-order valence-corrected chi connectivity index (χ1v) is 6.24. The number of nitrogens with one attached hydrogen (secondary N) is 2. The Hall–Kier alpha value is -3.16. The summed E-state index contributed by atoms with van der Waals surface area (Å²) in [4.78, 5) is 19.3. The molecule has 0 unspecified atom stereocenters. The van der Waals surface area contributed by atoms with Crippen molar-refractivity contribution in [2.24, 2.45) is 0 Å². The molecular weight excluding hydrogens is 292 g/mol. The number of anilines is 1. The molecule has 6 nitrogen and oxygen atoms in total. The fraction of sp³-hybridized carbons (Fsp3) is 0. The molecule has 0 aliphatic heterocycles. The molecule has 3 aromatic rings. The smallest absolute Gasteiger partial charge is 0.262 e. The molecule has 0 bridgehead atoms. The van der Waals surface area contributed by atoms with Crippen LogP contribution in [0.3, 0.4) is 0 Å². The van der Waals surface area contributed by atoms with Gasteiger partial charge < -0.3 is 0 Å². The molecule has 8 heteroatoms. The molecule has 3 rings (SSSR count). The van der Waals surface area contributed by atoms with Crippen LogP contribution >= 0.6 is 0 Å². The second kappa shape index (κ2) is 5.68. The topological polar surface area (TPSA) is 83.6 Å². The Kier molecular flexibility index (Phi) is 3.57. The molecule has 110 valence electrons. The van der Waals surface area contributed by atoms with Crippen molar-refractivity contribution in [3.63, 3.8) is 0 Å². The van der Waals surface area contributed by atoms with Crippen molar-refractivity contribution >= 4 is 11.9 Å². The summed E-state index contributed by atoms with van der Waals surface area (Å²) in [6.07, 6.45) is 1.24. The van der Waals surface area contributed by atoms with E-state index in [4.69, 9.17) is 0 Å². The number of halogens is 2. The SMILES string of the molecule is O=C(Nc1n[nH]c(-c2ccc(F)cc2)n1)c1cccnc1F. The molecule has 0 fully saturated rings. The lowest BCUT2D eigenvalue weighted by Gasteiger charge is -2.00. The van der Waals surface area contributed by atoms with Crippen LogP contribution < -0.4 is 5.32 Å². The van der Waals surface area contributed by atoms with Crippen LogP contribution in [-0.2, 0) is 0 Å². The average Bonchev–Trinajstić information content (AvgIpc) is 2.97. The lowest BCUT2D eigenvalue weighted by molar-refractivity contribution is 0.102. The summed E-state index contributed by atoms with van der Waals surface area (Å²) in [6, 6.07) is 8.33. The van der Waals surface area contributed by atoms with Gasteiger partial charge in [0.1, 0.15) is 5.82 Å². The van der Waals surface area contributed by atoms with Crippen LogP contribution in [0.4, 0.5) is 14.7 Å². The van der Waals surface area contributed by atoms with E-state index in [1.807, 2.05) is 0 Å². The predicted octanol–water partition coefficient (Wildman–Crippen LogP) is 2.40. The van der Waals surface area contributed by atoms with E-state index in [-0.39, 0.29) is 17.3 Å². The molecule has 0 saturated carbocycles. The number of benzene rings is 1. The van der Waals surface area contributed by atoms with E-state index >= 15 is 0 Å². The summed E-state index contributed by atoms with van der Waals surface area (Å²) < 4.78 is 26.3. The highest BCUT2D eigenvalue weighted by atomic mass is 19.1. The summed E-state index contributed by atoms with van der Waals surface area (Å²) in [5.41, 5.74) is 0.387. The molecule has 2 heterocycles. The summed E-state index contributed by atoms with van der Waals surface area (Å²) in [7, 11) is 0. The molecule has 2 aromatic heterocycles. The van der Waals surface area contributed by atoms with Gasteiger partial charge >= 0.3 is 0 Å². The van der Waals surface area contributed by atoms with Gasteiger partial charge in [-0.15, -0.1) is 5.10 Å². The van der Waals surface area contributed by atoms with Gasteiger partial charge in [0.2, 0.25) is 11.9 Å². The molecule has 2 N–H and O–H groups in total. The molecule has 0 radical (unpaired) electrons. The third-order valence-electron chi connectivity index (χ3n) is 2.83. The number of nitrogens with zero attached hydrogens (tertiary/aromatic N) is 3. The Morgan fingerprint density at radius 3 is 2.64 bits per heavy atom. The average molecular weight is 301 g/mol. The molecule has 0 saturated heterocycles. The van der Waals surface area contributed by atoms with E-state index in [9.17, 15) is 13.6 Å². The maximum Gasteiger partial charge on any atom is 0.262 e. The van der Waals surface area contributed by atoms with Gasteiger partial charge in [-0.25, -0.2) is 9.37 Å². The number of carbonyl (C=O) groups is 1. The Morgan fingerprint density at radius 1 is 1.14 bits per heavy atom. The molecule has 1 amide bonds. The molecule has 0 aliphatic carbocycles. The third-order valence-corrected chi connectivity index (χ3v) is 2.83. The van der Waals surface area contributed by atoms with Crippen molar-refractivity contribution in [3.8, 4) is 11.4 Å². The van der Waals surface area contributed by atoms with Crippen LogP contribution in [0.1, 0.15) is 10.4 Å². The fourth-order valence-electron chi connectivity index (χ4n) is 1.78. The van der Waals surface area contributed by atoms with E-state index in [0.717, 1.165) is 0 Å². The van der Waals surface area contributed by atoms with Gasteiger partial charge in [0, 0.05) is 11.8 Å². The zero-order valence-electron chi connectivity index (χ0n) is 11.0. The normalized spacial score (nSPS) is 10.5. The van der Waals surface area contributed by atoms with E-state index in [1.165, 1.54) is 42.6 Å². The van der Waals surface area contributed by atoms with Crippen LogP contribution in [0, 0.1) is 11.8 Å². The van der Waals surface area contributed by atoms with Gasteiger partial charge in [-0.05, 0) is 36.4 Å². The molecule has 0 spiro atoms. The predicted molar refractivity (Wildman–Crippen MR) is 73.9 cm³/mol. The van der Waals surface area contributed by atoms with Crippen molar-refractivity contribution in [2.45, 2.75) is 0 Å². The van der Waals surface area contributed by atoms with Crippen LogP contribution in [0.2, 0.25) is 0 Å². The lowest BCUT2D eigenvalue weighted by Crippen LogP contribution is -2.15. The number of aromatic nitrogens is 4. The van der Waals surface area contributed by atoms with Crippen molar-refractivity contribution in [1.82, 2.24) is 20.2 Å². The number of hydrogen-bond acceptors (Lipinski definition) is 4. The summed E-state index contributed by atoms with van der Waals surface area (Å²) in [6.45, 7) is 0. The maximum absolute atomic E-state index is 13.4. The quantitative estimate of drug-likeness (QED) is 0.728. The van der Waals surface area contributed by atoms with Crippen LogP contribution in [0.15, 0.2) is 42.6 Å². The fourth-order valence-corrected chi connectivity index (χ4v) is 1.78. The number of pyridine rings is 1. The monoisotopic (exact) mass is 301 g/mol. The summed E-state index contributed by atoms with van der Waals surface area (Å²) >= 11 is 0. The first kappa shape index (κ1) is 13.8. The minimum Gasteiger partial charge on any atom is -0.289 e. The van der Waals surface area contributed by atoms with Crippen molar-refractivity contribution in [1.29, 1.82) is 0 Å². The number of rotatable bonds is 3. The number of H-pyrrole nitrogens is 1. The molecule has 22 heavy (non-hydrogen) atoms. The molecule has 0 atom stereocenters. The highest BCUT2D eigenvalue weighted by molar-refractivity contribution is 6.03. The van der Waals surface area contributed by atoms with Crippen LogP contribution in [-0.4, -0.2) is 26.1 Å². The van der Waals surface area contributed by atoms with Crippen LogP contribution in [0.25, 0.3) is 11.4 Å². The van der Waals surface area contributed by atoms with Crippen LogP contribution in [0.5, 0.6) is 0 Å². The van der Waals surface area contributed by atoms with Gasteiger partial charge in [0.15, 0.2) is 5.82 Å². The Morgan fingerprint density at radius 2 is 1.91 bits per heavy atom. The second-order valence-electron chi connectivity index (χ2n) is 4.31. The highest BCUT2D eigenvalue weighted by Gasteiger charge is 2.14. The molecule has 0 aliphatic rings. The second-order valence-corrected chi connectivity index (χ2v) is 4.31. The van der Waals surface area contributed by atoms with Gasteiger partial charge in [-0.2, -0.15) is 9.37 Å². The largest absolute Gasteiger partial charge is 0.289 e. The Balaban J connectivity index is 1.78. The van der Waals surface area contributed by atoms with Gasteiger partial charge in [-0.3, -0.25) is 15.2 Å². The van der Waals surface area contributed by atoms with Gasteiger partial charge in [0.25, 0.3) is 5.91 Å². The van der Waals surface area contributed by atoms with Crippen molar-refractivity contribution < 1.29 is 13.6 Å². The summed E-state index contributed by atoms with van der Waals surface area (Å²) in [5, 5.41) is 8.76. The number of carbonyl (C=O) groups excluding carboxylic acids is 1. The highest BCUT2D eigenvalue weighted by Crippen LogP contribution is 2.16. The van der Waals surface area contributed by atoms with Crippen molar-refractivity contribution in [2.75, 3.05) is 5.32 Å². The zero-order valence-corrected chi connectivity index (χ0v) is 11.0. The Bertz CT molecular complexity index is 816. The van der Waals surface area contributed by atoms with E-state index < -0.39 is 11.9 Å². The first-order chi connectivity index (χ1) is 10.6. The molecule has 1 aromatic carbocycles. The van der Waals surface area contributed by atoms with E-state index in [1.54, 1.807) is 0 Å². The third kappa shape index (κ3) is 2.80. The number of aromatic amines is 1. The van der Waals surface area contributed by atoms with Crippen molar-refractivity contribution in [3.05, 3.63) is 59.9 Å². The standard InChI is InChI=1S/C14H9F2N5O/c15-9-5-3-8(4-6-9)12-18-14(21-20-12)19-13(22)10-2-1-7-17-11(10)16/h1-7H,(H2,18,19,20,21,22). The number of amides is 1. The van der Waals surface area contributed by atoms with E-state index in [2.05, 4.69) is 25.5 Å². The minimum atomic E-state index is -0.880. The van der Waals surface area contributed by atoms with Gasteiger partial charge in [-0.1, -0.05) is 0 Å². The zero-order chi connectivity index (χ0) is 15.5. The van der Waals surface area contributed by atoms with Gasteiger partial charge in [0.05, 0.1) is 5.56 Å². The van der Waals surface area contributed by atoms with E-state index in [0.29, 0.717) is 11.4 Å². The minimum absolute atomic E-state index is 0.0208. The Labute approximate surface area is 123 Å². The lowest BCUT2D eigenvalue weighted by atomic mass is 10.2. The summed E-state index contributed by atoms with van der Waals surface area (Å²) in [5.74, 6) is -1.64. The number of hydrogen-bond donors (Lipinski definition) is 2.